The van der Waals surface area contributed by atoms with Crippen molar-refractivity contribution in [2.45, 2.75) is 63.7 Å². The van der Waals surface area contributed by atoms with Crippen LogP contribution in [0.4, 0.5) is 0 Å². The Kier molecular flexibility index (Phi) is 12.1. The van der Waals surface area contributed by atoms with E-state index in [4.69, 9.17) is 17.2 Å². The molecule has 0 saturated heterocycles. The monoisotopic (exact) mass is 574 g/mol. The van der Waals surface area contributed by atoms with Crippen molar-refractivity contribution in [2.24, 2.45) is 28.1 Å². The zero-order valence-corrected chi connectivity index (χ0v) is 22.9. The third-order valence-corrected chi connectivity index (χ3v) is 6.27. The van der Waals surface area contributed by atoms with Gasteiger partial charge in [-0.3, -0.25) is 24.2 Å². The number of amides is 3. The summed E-state index contributed by atoms with van der Waals surface area (Å²) in [6, 6.07) is 2.27. The number of carboxylic acid groups (broad SMARTS) is 2. The van der Waals surface area contributed by atoms with Gasteiger partial charge in [-0.05, 0) is 36.8 Å². The predicted molar refractivity (Wildman–Crippen MR) is 150 cm³/mol. The van der Waals surface area contributed by atoms with E-state index in [1.165, 1.54) is 0 Å². The Labute approximate surface area is 236 Å². The van der Waals surface area contributed by atoms with Crippen LogP contribution in [0.5, 0.6) is 0 Å². The van der Waals surface area contributed by atoms with Crippen molar-refractivity contribution in [1.82, 2.24) is 20.9 Å². The number of carbonyl (C=O) groups is 5. The second-order valence-corrected chi connectivity index (χ2v) is 9.91. The lowest BCUT2D eigenvalue weighted by molar-refractivity contribution is -0.143. The number of aromatic amines is 1. The van der Waals surface area contributed by atoms with Gasteiger partial charge < -0.3 is 48.3 Å². The average Bonchev–Trinajstić information content (AvgIpc) is 3.30. The molecule has 3 amide bonds. The number of aliphatic carboxylic acids is 2. The van der Waals surface area contributed by atoms with Crippen molar-refractivity contribution in [1.29, 1.82) is 0 Å². The van der Waals surface area contributed by atoms with E-state index in [2.05, 4.69) is 25.9 Å². The average molecular weight is 575 g/mol. The van der Waals surface area contributed by atoms with Crippen LogP contribution in [0.25, 0.3) is 10.9 Å². The number of carbonyl (C=O) groups excluding carboxylic acids is 3. The number of nitrogens with one attached hydrogen (secondary N) is 4. The molecule has 224 valence electrons. The van der Waals surface area contributed by atoms with E-state index in [1.807, 2.05) is 24.3 Å². The maximum atomic E-state index is 13.1. The van der Waals surface area contributed by atoms with E-state index in [1.54, 1.807) is 20.0 Å². The van der Waals surface area contributed by atoms with Crippen LogP contribution in [-0.2, 0) is 30.4 Å². The Hall–Kier alpha value is -4.66. The molecule has 1 aromatic carbocycles. The van der Waals surface area contributed by atoms with Crippen LogP contribution in [-0.4, -0.2) is 81.5 Å². The lowest BCUT2D eigenvalue weighted by Gasteiger charge is -2.26. The molecule has 15 nitrogen and oxygen atoms in total. The van der Waals surface area contributed by atoms with Gasteiger partial charge in [0, 0.05) is 23.6 Å². The number of nitrogens with zero attached hydrogens (tertiary/aromatic N) is 1. The van der Waals surface area contributed by atoms with Crippen molar-refractivity contribution in [2.75, 3.05) is 6.54 Å². The zero-order chi connectivity index (χ0) is 30.7. The summed E-state index contributed by atoms with van der Waals surface area (Å²) in [5.41, 5.74) is 18.2. The molecule has 12 N–H and O–H groups in total. The molecule has 0 saturated carbocycles. The molecule has 41 heavy (non-hydrogen) atoms. The van der Waals surface area contributed by atoms with Crippen molar-refractivity contribution in [3.05, 3.63) is 36.0 Å². The standard InChI is InChI=1S/C26H38N8O7/c1-13(2)21(24(39)32-18(25(40)41)8-5-9-30-26(28)29)34-23(38)19(11-20(35)36)33-22(37)16(27)10-14-12-31-17-7-4-3-6-15(14)17/h3-4,6-7,12-13,16,18-19,21,31H,5,8-11,27H2,1-2H3,(H,32,39)(H,33,37)(H,34,38)(H,35,36)(H,40,41)(H4,28,29,30). The molecule has 0 bridgehead atoms. The van der Waals surface area contributed by atoms with E-state index in [9.17, 15) is 34.2 Å². The minimum Gasteiger partial charge on any atom is -0.481 e. The fraction of sp³-hybridized carbons (Fsp3) is 0.462. The number of aliphatic imine (C=N–C) groups is 1. The molecule has 15 heteroatoms. The molecule has 0 aliphatic carbocycles. The Morgan fingerprint density at radius 3 is 2.22 bits per heavy atom. The molecule has 2 aromatic rings. The van der Waals surface area contributed by atoms with Crippen LogP contribution >= 0.6 is 0 Å². The van der Waals surface area contributed by atoms with Crippen molar-refractivity contribution >= 4 is 46.5 Å². The van der Waals surface area contributed by atoms with Gasteiger partial charge in [0.05, 0.1) is 12.5 Å². The number of carboxylic acids is 2. The number of hydrogen-bond donors (Lipinski definition) is 9. The zero-order valence-electron chi connectivity index (χ0n) is 22.9. The molecule has 1 aromatic heterocycles. The number of fused-ring (bicyclic) bond motifs is 1. The minimum atomic E-state index is -1.54. The van der Waals surface area contributed by atoms with E-state index in [0.29, 0.717) is 0 Å². The second-order valence-electron chi connectivity index (χ2n) is 9.91. The summed E-state index contributed by atoms with van der Waals surface area (Å²) < 4.78 is 0. The van der Waals surface area contributed by atoms with Crippen LogP contribution in [0.15, 0.2) is 35.5 Å². The normalized spacial score (nSPS) is 14.0. The highest BCUT2D eigenvalue weighted by atomic mass is 16.4. The number of benzene rings is 1. The fourth-order valence-electron chi connectivity index (χ4n) is 4.10. The third-order valence-electron chi connectivity index (χ3n) is 6.27. The number of para-hydroxylation sites is 1. The first-order valence-electron chi connectivity index (χ1n) is 13.0. The fourth-order valence-corrected chi connectivity index (χ4v) is 4.10. The van der Waals surface area contributed by atoms with E-state index in [0.717, 1.165) is 16.5 Å². The summed E-state index contributed by atoms with van der Waals surface area (Å²) in [5.74, 6) is -5.81. The molecule has 0 radical (unpaired) electrons. The Balaban J connectivity index is 2.08. The highest BCUT2D eigenvalue weighted by Crippen LogP contribution is 2.19. The van der Waals surface area contributed by atoms with Crippen molar-refractivity contribution in [3.8, 4) is 0 Å². The molecule has 0 aliphatic rings. The van der Waals surface area contributed by atoms with Gasteiger partial charge in [-0.25, -0.2) is 4.79 Å². The van der Waals surface area contributed by atoms with Gasteiger partial charge >= 0.3 is 11.9 Å². The molecule has 0 fully saturated rings. The first-order valence-corrected chi connectivity index (χ1v) is 13.0. The summed E-state index contributed by atoms with van der Waals surface area (Å²) in [7, 11) is 0. The predicted octanol–water partition coefficient (Wildman–Crippen LogP) is -1.24. The Morgan fingerprint density at radius 1 is 0.951 bits per heavy atom. The molecule has 2 rings (SSSR count). The maximum absolute atomic E-state index is 13.1. The van der Waals surface area contributed by atoms with Crippen molar-refractivity contribution < 1.29 is 34.2 Å². The SMILES string of the molecule is CC(C)C(NC(=O)C(CC(=O)O)NC(=O)C(N)Cc1c[nH]c2ccccc12)C(=O)NC(CCCN=C(N)N)C(=O)O. The first-order chi connectivity index (χ1) is 19.3. The number of nitrogens with two attached hydrogens (primary N) is 3. The minimum absolute atomic E-state index is 0.0165. The molecule has 0 aliphatic heterocycles. The Morgan fingerprint density at radius 2 is 1.61 bits per heavy atom. The van der Waals surface area contributed by atoms with Gasteiger partial charge in [0.1, 0.15) is 18.1 Å². The quantitative estimate of drug-likeness (QED) is 0.0653. The smallest absolute Gasteiger partial charge is 0.326 e. The van der Waals surface area contributed by atoms with Gasteiger partial charge in [-0.1, -0.05) is 32.0 Å². The van der Waals surface area contributed by atoms with Gasteiger partial charge in [-0.2, -0.15) is 0 Å². The molecular weight excluding hydrogens is 536 g/mol. The van der Waals surface area contributed by atoms with Gasteiger partial charge in [0.2, 0.25) is 17.7 Å². The number of H-pyrrole nitrogens is 1. The van der Waals surface area contributed by atoms with Crippen LogP contribution in [0, 0.1) is 5.92 Å². The second kappa shape index (κ2) is 15.2. The van der Waals surface area contributed by atoms with Crippen LogP contribution < -0.4 is 33.2 Å². The topological polar surface area (TPSA) is 268 Å². The van der Waals surface area contributed by atoms with E-state index < -0.39 is 66.2 Å². The lowest BCUT2D eigenvalue weighted by atomic mass is 10.0. The highest BCUT2D eigenvalue weighted by molar-refractivity contribution is 5.96. The summed E-state index contributed by atoms with van der Waals surface area (Å²) in [6.45, 7) is 3.38. The van der Waals surface area contributed by atoms with Gasteiger partial charge in [0.15, 0.2) is 5.96 Å². The van der Waals surface area contributed by atoms with Crippen LogP contribution in [0.2, 0.25) is 0 Å². The van der Waals surface area contributed by atoms with Crippen LogP contribution in [0.3, 0.4) is 0 Å². The van der Waals surface area contributed by atoms with E-state index in [-0.39, 0.29) is 31.8 Å². The first kappa shape index (κ1) is 32.6. The van der Waals surface area contributed by atoms with Gasteiger partial charge in [0.25, 0.3) is 0 Å². The highest BCUT2D eigenvalue weighted by Gasteiger charge is 2.33. The Bertz CT molecular complexity index is 1270. The molecule has 1 heterocycles. The number of hydrogen-bond acceptors (Lipinski definition) is 7. The number of guanidine groups is 1. The van der Waals surface area contributed by atoms with E-state index >= 15 is 0 Å². The molecular formula is C26H38N8O7. The molecule has 4 atom stereocenters. The summed E-state index contributed by atoms with van der Waals surface area (Å²) in [4.78, 5) is 68.9. The van der Waals surface area contributed by atoms with Gasteiger partial charge in [-0.15, -0.1) is 0 Å². The number of rotatable bonds is 16. The van der Waals surface area contributed by atoms with Crippen molar-refractivity contribution in [3.63, 3.8) is 0 Å². The molecule has 4 unspecified atom stereocenters. The largest absolute Gasteiger partial charge is 0.481 e. The third kappa shape index (κ3) is 10.1. The maximum Gasteiger partial charge on any atom is 0.326 e. The summed E-state index contributed by atoms with van der Waals surface area (Å²) >= 11 is 0. The van der Waals surface area contributed by atoms with Crippen LogP contribution in [0.1, 0.15) is 38.7 Å². The summed E-state index contributed by atoms with van der Waals surface area (Å²) in [5, 5.41) is 26.9. The lowest BCUT2D eigenvalue weighted by Crippen LogP contribution is -2.58. The summed E-state index contributed by atoms with van der Waals surface area (Å²) in [6.07, 6.45) is 1.35. The number of aromatic nitrogens is 1. The molecule has 0 spiro atoms.